The predicted molar refractivity (Wildman–Crippen MR) is 117 cm³/mol. The largest absolute Gasteiger partial charge is 0.394 e. The monoisotopic (exact) mass is 454 g/mol. The minimum atomic E-state index is -0.631. The molecular formula is C22H46O9. The van der Waals surface area contributed by atoms with Gasteiger partial charge >= 0.3 is 0 Å². The third-order valence-corrected chi connectivity index (χ3v) is 4.27. The van der Waals surface area contributed by atoms with E-state index >= 15 is 0 Å². The molecule has 9 nitrogen and oxygen atoms in total. The molecule has 0 heterocycles. The molecule has 0 rings (SSSR count). The van der Waals surface area contributed by atoms with Crippen molar-refractivity contribution in [1.82, 2.24) is 0 Å². The second-order valence-electron chi connectivity index (χ2n) is 8.16. The van der Waals surface area contributed by atoms with Gasteiger partial charge in [-0.25, -0.2) is 0 Å². The fourth-order valence-corrected chi connectivity index (χ4v) is 2.31. The molecule has 0 saturated carbocycles. The first-order chi connectivity index (χ1) is 14.7. The van der Waals surface area contributed by atoms with Gasteiger partial charge in [-0.2, -0.15) is 0 Å². The molecule has 0 aromatic carbocycles. The Morgan fingerprint density at radius 1 is 0.484 bits per heavy atom. The van der Waals surface area contributed by atoms with E-state index in [0.717, 1.165) is 0 Å². The molecule has 0 aliphatic carbocycles. The Kier molecular flexibility index (Phi) is 18.9. The highest BCUT2D eigenvalue weighted by molar-refractivity contribution is 4.59. The molecule has 2 N–H and O–H groups in total. The molecule has 0 amide bonds. The number of aliphatic hydroxyl groups excluding tert-OH is 2. The molecule has 9 heteroatoms. The Hall–Kier alpha value is -0.360. The summed E-state index contributed by atoms with van der Waals surface area (Å²) in [6, 6.07) is 0. The van der Waals surface area contributed by atoms with E-state index in [9.17, 15) is 5.11 Å². The maximum absolute atomic E-state index is 9.58. The van der Waals surface area contributed by atoms with Crippen molar-refractivity contribution in [2.24, 2.45) is 0 Å². The highest BCUT2D eigenvalue weighted by Gasteiger charge is 2.14. The van der Waals surface area contributed by atoms with Gasteiger partial charge in [0, 0.05) is 7.11 Å². The second kappa shape index (κ2) is 19.1. The molecule has 188 valence electrons. The van der Waals surface area contributed by atoms with Crippen molar-refractivity contribution in [3.63, 3.8) is 0 Å². The molecule has 31 heavy (non-hydrogen) atoms. The lowest BCUT2D eigenvalue weighted by atomic mass is 10.3. The molecule has 0 spiro atoms. The maximum Gasteiger partial charge on any atom is 0.101 e. The summed E-state index contributed by atoms with van der Waals surface area (Å²) in [5.41, 5.74) is 0. The molecule has 0 aliphatic heterocycles. The molecule has 0 aliphatic rings. The van der Waals surface area contributed by atoms with Gasteiger partial charge in [0.05, 0.1) is 89.5 Å². The third kappa shape index (κ3) is 18.9. The van der Waals surface area contributed by atoms with Gasteiger partial charge in [-0.05, 0) is 41.5 Å². The van der Waals surface area contributed by atoms with Crippen LogP contribution in [0.1, 0.15) is 41.5 Å². The molecule has 7 atom stereocenters. The summed E-state index contributed by atoms with van der Waals surface area (Å²) in [7, 11) is 1.54. The summed E-state index contributed by atoms with van der Waals surface area (Å²) in [6.45, 7) is 14.2. The number of hydrogen-bond acceptors (Lipinski definition) is 9. The fraction of sp³-hybridized carbons (Fsp3) is 1.00. The van der Waals surface area contributed by atoms with E-state index in [1.165, 1.54) is 7.11 Å². The van der Waals surface area contributed by atoms with Crippen LogP contribution in [-0.2, 0) is 33.2 Å². The minimum Gasteiger partial charge on any atom is -0.394 e. The van der Waals surface area contributed by atoms with Crippen LogP contribution in [0.15, 0.2) is 0 Å². The van der Waals surface area contributed by atoms with Crippen LogP contribution in [0.3, 0.4) is 0 Å². The molecule has 0 fully saturated rings. The Bertz CT molecular complexity index is 399. The zero-order valence-corrected chi connectivity index (χ0v) is 20.5. The van der Waals surface area contributed by atoms with Gasteiger partial charge in [0.25, 0.3) is 0 Å². The van der Waals surface area contributed by atoms with Crippen LogP contribution in [0, 0.1) is 0 Å². The summed E-state index contributed by atoms with van der Waals surface area (Å²) in [6.07, 6.45) is -1.24. The van der Waals surface area contributed by atoms with Crippen molar-refractivity contribution in [3.05, 3.63) is 0 Å². The van der Waals surface area contributed by atoms with Gasteiger partial charge in [0.2, 0.25) is 0 Å². The maximum atomic E-state index is 9.58. The van der Waals surface area contributed by atoms with Crippen LogP contribution in [-0.4, -0.2) is 113 Å². The first-order valence-electron chi connectivity index (χ1n) is 11.1. The van der Waals surface area contributed by atoms with Crippen molar-refractivity contribution >= 4 is 0 Å². The number of hydrogen-bond donors (Lipinski definition) is 2. The van der Waals surface area contributed by atoms with E-state index in [4.69, 9.17) is 38.3 Å². The smallest absolute Gasteiger partial charge is 0.101 e. The van der Waals surface area contributed by atoms with E-state index in [1.807, 2.05) is 41.5 Å². The summed E-state index contributed by atoms with van der Waals surface area (Å²) in [5, 5.41) is 18.5. The first-order valence-corrected chi connectivity index (χ1v) is 11.1. The molecule has 0 radical (unpaired) electrons. The minimum absolute atomic E-state index is 0.000398. The normalized spacial score (nSPS) is 18.9. The highest BCUT2D eigenvalue weighted by atomic mass is 16.6. The Balaban J connectivity index is 3.79. The summed E-state index contributed by atoms with van der Waals surface area (Å²) >= 11 is 0. The van der Waals surface area contributed by atoms with E-state index in [2.05, 4.69) is 0 Å². The zero-order chi connectivity index (χ0) is 23.6. The van der Waals surface area contributed by atoms with Crippen LogP contribution in [0.25, 0.3) is 0 Å². The van der Waals surface area contributed by atoms with Crippen LogP contribution in [0.2, 0.25) is 0 Å². The highest BCUT2D eigenvalue weighted by Crippen LogP contribution is 2.04. The number of methoxy groups -OCH3 is 1. The van der Waals surface area contributed by atoms with Crippen LogP contribution in [0.5, 0.6) is 0 Å². The fourth-order valence-electron chi connectivity index (χ4n) is 2.31. The number of rotatable bonds is 21. The molecule has 0 bridgehead atoms. The summed E-state index contributed by atoms with van der Waals surface area (Å²) in [5.74, 6) is 0. The lowest BCUT2D eigenvalue weighted by molar-refractivity contribution is -0.106. The Morgan fingerprint density at radius 2 is 0.774 bits per heavy atom. The predicted octanol–water partition coefficient (Wildman–Crippen LogP) is 1.42. The quantitative estimate of drug-likeness (QED) is 0.266. The van der Waals surface area contributed by atoms with E-state index in [0.29, 0.717) is 33.0 Å². The van der Waals surface area contributed by atoms with E-state index < -0.39 is 6.10 Å². The van der Waals surface area contributed by atoms with Crippen molar-refractivity contribution in [1.29, 1.82) is 0 Å². The van der Waals surface area contributed by atoms with E-state index in [-0.39, 0.29) is 56.4 Å². The molecule has 0 saturated heterocycles. The van der Waals surface area contributed by atoms with Crippen LogP contribution in [0.4, 0.5) is 0 Å². The third-order valence-electron chi connectivity index (χ3n) is 4.27. The number of aliphatic hydroxyl groups is 2. The van der Waals surface area contributed by atoms with Crippen LogP contribution >= 0.6 is 0 Å². The standard InChI is InChI=1S/C22H46O9/c1-16(8-23)26-9-17(2)27-10-18(3)28-11-19(4)29-12-20(5)30-13-21(6)31-15-22(24)14-25-7/h16-24H,8-15H2,1-7H3. The van der Waals surface area contributed by atoms with Gasteiger partial charge in [0.15, 0.2) is 0 Å². The average molecular weight is 455 g/mol. The number of ether oxygens (including phenoxy) is 7. The van der Waals surface area contributed by atoms with Gasteiger partial charge in [-0.1, -0.05) is 0 Å². The van der Waals surface area contributed by atoms with Crippen molar-refractivity contribution in [2.45, 2.75) is 84.3 Å². The van der Waals surface area contributed by atoms with Crippen molar-refractivity contribution in [2.75, 3.05) is 60.0 Å². The Morgan fingerprint density at radius 3 is 1.06 bits per heavy atom. The average Bonchev–Trinajstić information content (AvgIpc) is 2.75. The topological polar surface area (TPSA) is 105 Å². The molecule has 0 aromatic heterocycles. The van der Waals surface area contributed by atoms with Gasteiger partial charge in [-0.15, -0.1) is 0 Å². The van der Waals surface area contributed by atoms with Gasteiger partial charge < -0.3 is 43.4 Å². The summed E-state index contributed by atoms with van der Waals surface area (Å²) in [4.78, 5) is 0. The van der Waals surface area contributed by atoms with Gasteiger partial charge in [0.1, 0.15) is 6.10 Å². The first kappa shape index (κ1) is 30.6. The Labute approximate surface area is 188 Å². The zero-order valence-electron chi connectivity index (χ0n) is 20.5. The van der Waals surface area contributed by atoms with E-state index in [1.54, 1.807) is 0 Å². The van der Waals surface area contributed by atoms with Crippen molar-refractivity contribution in [3.8, 4) is 0 Å². The molecule has 0 aromatic rings. The molecular weight excluding hydrogens is 408 g/mol. The lowest BCUT2D eigenvalue weighted by Crippen LogP contribution is -2.30. The SMILES string of the molecule is COCC(O)COC(C)COC(C)COC(C)COC(C)COC(C)COC(C)CO. The van der Waals surface area contributed by atoms with Crippen LogP contribution < -0.4 is 0 Å². The van der Waals surface area contributed by atoms with Gasteiger partial charge in [-0.3, -0.25) is 0 Å². The lowest BCUT2D eigenvalue weighted by Gasteiger charge is -2.22. The van der Waals surface area contributed by atoms with Crippen molar-refractivity contribution < 1.29 is 43.4 Å². The second-order valence-corrected chi connectivity index (χ2v) is 8.16. The summed E-state index contributed by atoms with van der Waals surface area (Å²) < 4.78 is 38.8. The molecule has 7 unspecified atom stereocenters.